The number of carboxylic acid groups (broad SMARTS) is 1. The van der Waals surface area contributed by atoms with E-state index in [2.05, 4.69) is 0 Å². The van der Waals surface area contributed by atoms with Crippen molar-refractivity contribution in [3.63, 3.8) is 0 Å². The smallest absolute Gasteiger partial charge is 0.320 e. The van der Waals surface area contributed by atoms with Crippen LogP contribution in [0.5, 0.6) is 0 Å². The third-order valence-electron chi connectivity index (χ3n) is 2.23. The molecule has 0 aromatic heterocycles. The highest BCUT2D eigenvalue weighted by Gasteiger charge is 2.12. The summed E-state index contributed by atoms with van der Waals surface area (Å²) in [6, 6.07) is 6.24. The SMILES string of the molecule is CB(O)c1ccc(C[C@H](N)C(=O)O)cc1. The Hall–Kier alpha value is -1.33. The third kappa shape index (κ3) is 3.38. The number of carboxylic acids is 1. The van der Waals surface area contributed by atoms with Crippen LogP contribution in [-0.2, 0) is 11.2 Å². The maximum Gasteiger partial charge on any atom is 0.320 e. The number of hydrogen-bond acceptors (Lipinski definition) is 3. The molecule has 0 unspecified atom stereocenters. The summed E-state index contributed by atoms with van der Waals surface area (Å²) in [7, 11) is 0. The van der Waals surface area contributed by atoms with Crippen molar-refractivity contribution in [3.05, 3.63) is 29.8 Å². The summed E-state index contributed by atoms with van der Waals surface area (Å²) in [5, 5.41) is 17.9. The zero-order valence-electron chi connectivity index (χ0n) is 8.55. The molecule has 1 aromatic carbocycles. The van der Waals surface area contributed by atoms with E-state index in [-0.39, 0.29) is 0 Å². The number of benzene rings is 1. The summed E-state index contributed by atoms with van der Waals surface area (Å²) < 4.78 is 0. The predicted octanol–water partition coefficient (Wildman–Crippen LogP) is -0.538. The fourth-order valence-corrected chi connectivity index (χ4v) is 1.27. The molecule has 15 heavy (non-hydrogen) atoms. The van der Waals surface area contributed by atoms with E-state index < -0.39 is 18.9 Å². The van der Waals surface area contributed by atoms with E-state index in [1.807, 2.05) is 0 Å². The highest BCUT2D eigenvalue weighted by Crippen LogP contribution is 2.01. The van der Waals surface area contributed by atoms with Gasteiger partial charge in [-0.3, -0.25) is 4.79 Å². The van der Waals surface area contributed by atoms with Crippen molar-refractivity contribution in [2.45, 2.75) is 19.3 Å². The minimum atomic E-state index is -1.00. The van der Waals surface area contributed by atoms with Gasteiger partial charge in [-0.2, -0.15) is 0 Å². The molecule has 0 radical (unpaired) electrons. The van der Waals surface area contributed by atoms with Crippen LogP contribution in [0.4, 0.5) is 0 Å². The maximum absolute atomic E-state index is 10.5. The molecule has 0 amide bonds. The quantitative estimate of drug-likeness (QED) is 0.579. The molecule has 1 aromatic rings. The lowest BCUT2D eigenvalue weighted by atomic mass is 9.64. The normalized spacial score (nSPS) is 12.2. The van der Waals surface area contributed by atoms with E-state index in [0.717, 1.165) is 11.0 Å². The van der Waals surface area contributed by atoms with Crippen LogP contribution in [-0.4, -0.2) is 29.1 Å². The lowest BCUT2D eigenvalue weighted by Crippen LogP contribution is -2.32. The summed E-state index contributed by atoms with van der Waals surface area (Å²) in [4.78, 5) is 10.5. The molecule has 1 atom stereocenters. The monoisotopic (exact) mass is 207 g/mol. The van der Waals surface area contributed by atoms with Crippen LogP contribution in [0.2, 0.25) is 6.82 Å². The first-order chi connectivity index (χ1) is 7.00. The number of hydrogen-bond donors (Lipinski definition) is 3. The molecular formula is C10H14BNO3. The van der Waals surface area contributed by atoms with E-state index in [1.165, 1.54) is 0 Å². The minimum absolute atomic E-state index is 0.301. The van der Waals surface area contributed by atoms with Gasteiger partial charge in [0.2, 0.25) is 0 Å². The highest BCUT2D eigenvalue weighted by atomic mass is 16.4. The number of nitrogens with two attached hydrogens (primary N) is 1. The Morgan fingerprint density at radius 1 is 1.47 bits per heavy atom. The predicted molar refractivity (Wildman–Crippen MR) is 59.2 cm³/mol. The van der Waals surface area contributed by atoms with Gasteiger partial charge in [-0.05, 0) is 17.4 Å². The second-order valence-corrected chi connectivity index (χ2v) is 3.57. The molecule has 80 valence electrons. The van der Waals surface area contributed by atoms with Crippen LogP contribution >= 0.6 is 0 Å². The van der Waals surface area contributed by atoms with Crippen LogP contribution in [0.25, 0.3) is 0 Å². The Bertz CT molecular complexity index is 337. The van der Waals surface area contributed by atoms with Crippen LogP contribution in [0, 0.1) is 0 Å². The number of carbonyl (C=O) groups is 1. The minimum Gasteiger partial charge on any atom is -0.480 e. The van der Waals surface area contributed by atoms with Crippen molar-refractivity contribution in [1.82, 2.24) is 0 Å². The first-order valence-electron chi connectivity index (χ1n) is 4.76. The largest absolute Gasteiger partial charge is 0.480 e. The Balaban J connectivity index is 2.68. The van der Waals surface area contributed by atoms with Crippen molar-refractivity contribution in [3.8, 4) is 0 Å². The van der Waals surface area contributed by atoms with Gasteiger partial charge >= 0.3 is 12.9 Å². The van der Waals surface area contributed by atoms with Crippen LogP contribution < -0.4 is 11.2 Å². The molecule has 0 fully saturated rings. The van der Waals surface area contributed by atoms with Crippen LogP contribution in [0.1, 0.15) is 5.56 Å². The van der Waals surface area contributed by atoms with Gasteiger partial charge in [0, 0.05) is 0 Å². The summed E-state index contributed by atoms with van der Waals surface area (Å²) in [5.74, 6) is -1.00. The van der Waals surface area contributed by atoms with Crippen molar-refractivity contribution in [1.29, 1.82) is 0 Å². The van der Waals surface area contributed by atoms with Gasteiger partial charge in [0.05, 0.1) is 0 Å². The van der Waals surface area contributed by atoms with E-state index >= 15 is 0 Å². The average molecular weight is 207 g/mol. The van der Waals surface area contributed by atoms with E-state index in [1.54, 1.807) is 31.1 Å². The zero-order valence-corrected chi connectivity index (χ0v) is 8.55. The fourth-order valence-electron chi connectivity index (χ4n) is 1.27. The Labute approximate surface area is 88.8 Å². The molecular weight excluding hydrogens is 193 g/mol. The first-order valence-corrected chi connectivity index (χ1v) is 4.76. The van der Waals surface area contributed by atoms with Crippen molar-refractivity contribution < 1.29 is 14.9 Å². The number of aliphatic carboxylic acids is 1. The second kappa shape index (κ2) is 4.95. The molecule has 5 heteroatoms. The van der Waals surface area contributed by atoms with Gasteiger partial charge in [-0.15, -0.1) is 0 Å². The van der Waals surface area contributed by atoms with Crippen LogP contribution in [0.15, 0.2) is 24.3 Å². The Morgan fingerprint density at radius 3 is 2.40 bits per heavy atom. The molecule has 0 aliphatic carbocycles. The summed E-state index contributed by atoms with van der Waals surface area (Å²) in [6.07, 6.45) is 0.301. The molecule has 0 spiro atoms. The highest BCUT2D eigenvalue weighted by molar-refractivity contribution is 6.64. The van der Waals surface area contributed by atoms with Crippen LogP contribution in [0.3, 0.4) is 0 Å². The zero-order chi connectivity index (χ0) is 11.4. The lowest BCUT2D eigenvalue weighted by Gasteiger charge is -2.07. The van der Waals surface area contributed by atoms with Crippen molar-refractivity contribution in [2.24, 2.45) is 5.73 Å². The lowest BCUT2D eigenvalue weighted by molar-refractivity contribution is -0.138. The maximum atomic E-state index is 10.5. The van der Waals surface area contributed by atoms with Gasteiger partial charge in [0.25, 0.3) is 0 Å². The van der Waals surface area contributed by atoms with Gasteiger partial charge in [0.15, 0.2) is 0 Å². The standard InChI is InChI=1S/C10H14BNO3/c1-11(15)8-4-2-7(3-5-8)6-9(12)10(13)14/h2-5,9,15H,6,12H2,1H3,(H,13,14)/t9-/m0/s1. The van der Waals surface area contributed by atoms with Crippen molar-refractivity contribution in [2.75, 3.05) is 0 Å². The molecule has 0 aliphatic rings. The van der Waals surface area contributed by atoms with E-state index in [0.29, 0.717) is 6.42 Å². The molecule has 0 saturated carbocycles. The second-order valence-electron chi connectivity index (χ2n) is 3.57. The Morgan fingerprint density at radius 2 is 2.00 bits per heavy atom. The summed E-state index contributed by atoms with van der Waals surface area (Å²) in [6.45, 7) is 1.17. The molecule has 0 bridgehead atoms. The molecule has 0 saturated heterocycles. The van der Waals surface area contributed by atoms with Gasteiger partial charge in [-0.1, -0.05) is 31.1 Å². The van der Waals surface area contributed by atoms with E-state index in [4.69, 9.17) is 10.8 Å². The topological polar surface area (TPSA) is 83.5 Å². The van der Waals surface area contributed by atoms with Gasteiger partial charge < -0.3 is 15.9 Å². The molecule has 4 N–H and O–H groups in total. The summed E-state index contributed by atoms with van der Waals surface area (Å²) >= 11 is 0. The number of rotatable bonds is 4. The van der Waals surface area contributed by atoms with Gasteiger partial charge in [0.1, 0.15) is 6.04 Å². The molecule has 0 heterocycles. The average Bonchev–Trinajstić information content (AvgIpc) is 2.18. The van der Waals surface area contributed by atoms with E-state index in [9.17, 15) is 9.82 Å². The molecule has 0 aliphatic heterocycles. The first kappa shape index (κ1) is 11.7. The summed E-state index contributed by atoms with van der Waals surface area (Å²) in [5.41, 5.74) is 7.06. The third-order valence-corrected chi connectivity index (χ3v) is 2.23. The Kier molecular flexibility index (Phi) is 3.88. The molecule has 1 rings (SSSR count). The van der Waals surface area contributed by atoms with Crippen molar-refractivity contribution >= 4 is 18.3 Å². The van der Waals surface area contributed by atoms with Gasteiger partial charge in [-0.25, -0.2) is 0 Å². The fraction of sp³-hybridized carbons (Fsp3) is 0.300. The molecule has 4 nitrogen and oxygen atoms in total.